The van der Waals surface area contributed by atoms with Gasteiger partial charge in [-0.1, -0.05) is 19.1 Å². The van der Waals surface area contributed by atoms with E-state index in [9.17, 15) is 0 Å². The van der Waals surface area contributed by atoms with Crippen LogP contribution in [-0.4, -0.2) is 32.9 Å². The van der Waals surface area contributed by atoms with E-state index >= 15 is 0 Å². The van der Waals surface area contributed by atoms with Gasteiger partial charge in [0.15, 0.2) is 0 Å². The number of hydrogen-bond donors (Lipinski definition) is 1. The molecule has 0 aliphatic rings. The first-order valence-corrected chi connectivity index (χ1v) is 6.65. The summed E-state index contributed by atoms with van der Waals surface area (Å²) in [6.45, 7) is 12.2. The summed E-state index contributed by atoms with van der Waals surface area (Å²) in [6.07, 6.45) is 0. The third kappa shape index (κ3) is 4.67. The van der Waals surface area contributed by atoms with Crippen molar-refractivity contribution in [3.63, 3.8) is 0 Å². The normalized spacial score (nSPS) is 10.7. The maximum atomic E-state index is 5.81. The molecule has 0 fully saturated rings. The third-order valence-corrected chi connectivity index (χ3v) is 3.02. The highest BCUT2D eigenvalue weighted by Crippen LogP contribution is 2.25. The minimum atomic E-state index is 0.608. The Kier molecular flexibility index (Phi) is 6.76. The molecule has 3 nitrogen and oxygen atoms in total. The van der Waals surface area contributed by atoms with Gasteiger partial charge in [0.25, 0.3) is 0 Å². The lowest BCUT2D eigenvalue weighted by molar-refractivity contribution is 0.101. The third-order valence-electron chi connectivity index (χ3n) is 3.02. The average Bonchev–Trinajstić information content (AvgIpc) is 2.36. The van der Waals surface area contributed by atoms with Crippen LogP contribution in [-0.2, 0) is 4.74 Å². The fourth-order valence-corrected chi connectivity index (χ4v) is 1.77. The molecule has 0 saturated carbocycles. The van der Waals surface area contributed by atoms with Crippen molar-refractivity contribution in [3.05, 3.63) is 28.8 Å². The van der Waals surface area contributed by atoms with Crippen LogP contribution in [0, 0.1) is 20.8 Å². The molecule has 0 aliphatic carbocycles. The summed E-state index contributed by atoms with van der Waals surface area (Å²) in [7, 11) is 0. The summed E-state index contributed by atoms with van der Waals surface area (Å²) >= 11 is 0. The summed E-state index contributed by atoms with van der Waals surface area (Å²) in [5, 5.41) is 3.22. The topological polar surface area (TPSA) is 30.5 Å². The van der Waals surface area contributed by atoms with Gasteiger partial charge in [-0.05, 0) is 44.0 Å². The molecular weight excluding hydrogens is 226 g/mol. The van der Waals surface area contributed by atoms with Crippen LogP contribution in [0.15, 0.2) is 12.1 Å². The van der Waals surface area contributed by atoms with E-state index in [4.69, 9.17) is 9.47 Å². The molecule has 0 spiro atoms. The van der Waals surface area contributed by atoms with Crippen molar-refractivity contribution in [2.75, 3.05) is 32.9 Å². The molecule has 0 saturated heterocycles. The lowest BCUT2D eigenvalue weighted by Gasteiger charge is -2.14. The molecule has 1 aromatic carbocycles. The van der Waals surface area contributed by atoms with Crippen molar-refractivity contribution in [1.29, 1.82) is 0 Å². The van der Waals surface area contributed by atoms with Crippen molar-refractivity contribution in [2.24, 2.45) is 0 Å². The number of ether oxygens (including phenoxy) is 2. The quantitative estimate of drug-likeness (QED) is 0.720. The van der Waals surface area contributed by atoms with Gasteiger partial charge >= 0.3 is 0 Å². The van der Waals surface area contributed by atoms with Crippen molar-refractivity contribution in [3.8, 4) is 5.75 Å². The zero-order chi connectivity index (χ0) is 13.4. The Morgan fingerprint density at radius 3 is 2.44 bits per heavy atom. The molecule has 1 rings (SSSR count). The monoisotopic (exact) mass is 251 g/mol. The van der Waals surface area contributed by atoms with Crippen LogP contribution in [0.4, 0.5) is 0 Å². The van der Waals surface area contributed by atoms with E-state index < -0.39 is 0 Å². The average molecular weight is 251 g/mol. The minimum absolute atomic E-state index is 0.608. The van der Waals surface area contributed by atoms with Crippen molar-refractivity contribution >= 4 is 0 Å². The maximum Gasteiger partial charge on any atom is 0.125 e. The molecule has 0 bridgehead atoms. The van der Waals surface area contributed by atoms with Crippen LogP contribution in [0.1, 0.15) is 23.6 Å². The number of aryl methyl sites for hydroxylation is 2. The lowest BCUT2D eigenvalue weighted by atomic mass is 10.1. The van der Waals surface area contributed by atoms with E-state index in [1.54, 1.807) is 0 Å². The standard InChI is InChI=1S/C15H25NO2/c1-5-16-8-9-17-10-11-18-15-13(3)7-6-12(2)14(15)4/h6-7,16H,5,8-11H2,1-4H3. The molecule has 0 unspecified atom stereocenters. The summed E-state index contributed by atoms with van der Waals surface area (Å²) in [5.41, 5.74) is 3.68. The molecule has 1 aromatic rings. The van der Waals surface area contributed by atoms with E-state index in [0.717, 1.165) is 25.4 Å². The summed E-state index contributed by atoms with van der Waals surface area (Å²) in [4.78, 5) is 0. The summed E-state index contributed by atoms with van der Waals surface area (Å²) < 4.78 is 11.3. The molecule has 0 amide bonds. The Hall–Kier alpha value is -1.06. The Balaban J connectivity index is 2.29. The fourth-order valence-electron chi connectivity index (χ4n) is 1.77. The van der Waals surface area contributed by atoms with Gasteiger partial charge in [0.05, 0.1) is 13.2 Å². The molecule has 0 radical (unpaired) electrons. The predicted octanol–water partition coefficient (Wildman–Crippen LogP) is 2.62. The largest absolute Gasteiger partial charge is 0.491 e. The molecule has 0 heterocycles. The first kappa shape index (κ1) is 15.0. The molecule has 0 aromatic heterocycles. The van der Waals surface area contributed by atoms with Crippen molar-refractivity contribution in [1.82, 2.24) is 5.32 Å². The van der Waals surface area contributed by atoms with Gasteiger partial charge in [-0.2, -0.15) is 0 Å². The molecule has 1 N–H and O–H groups in total. The SMILES string of the molecule is CCNCCOCCOc1c(C)ccc(C)c1C. The smallest absolute Gasteiger partial charge is 0.125 e. The van der Waals surface area contributed by atoms with Crippen LogP contribution < -0.4 is 10.1 Å². The second-order valence-corrected chi connectivity index (χ2v) is 4.47. The van der Waals surface area contributed by atoms with Gasteiger partial charge in [-0.3, -0.25) is 0 Å². The minimum Gasteiger partial charge on any atom is -0.491 e. The highest BCUT2D eigenvalue weighted by Gasteiger charge is 2.05. The molecule has 0 aliphatic heterocycles. The zero-order valence-corrected chi connectivity index (χ0v) is 12.0. The lowest BCUT2D eigenvalue weighted by Crippen LogP contribution is -2.20. The highest BCUT2D eigenvalue weighted by molar-refractivity contribution is 5.44. The van der Waals surface area contributed by atoms with Gasteiger partial charge in [0, 0.05) is 6.54 Å². The van der Waals surface area contributed by atoms with Gasteiger partial charge in [0.1, 0.15) is 12.4 Å². The van der Waals surface area contributed by atoms with Crippen LogP contribution in [0.25, 0.3) is 0 Å². The van der Waals surface area contributed by atoms with Gasteiger partial charge < -0.3 is 14.8 Å². The first-order valence-electron chi connectivity index (χ1n) is 6.65. The van der Waals surface area contributed by atoms with E-state index in [0.29, 0.717) is 13.2 Å². The van der Waals surface area contributed by atoms with Crippen LogP contribution >= 0.6 is 0 Å². The number of nitrogens with one attached hydrogen (secondary N) is 1. The Labute approximate surface area is 110 Å². The number of benzene rings is 1. The number of likely N-dealkylation sites (N-methyl/N-ethyl adjacent to an activating group) is 1. The Morgan fingerprint density at radius 2 is 1.72 bits per heavy atom. The number of rotatable bonds is 8. The van der Waals surface area contributed by atoms with Crippen LogP contribution in [0.5, 0.6) is 5.75 Å². The second-order valence-electron chi connectivity index (χ2n) is 4.47. The van der Waals surface area contributed by atoms with E-state index in [2.05, 4.69) is 45.1 Å². The van der Waals surface area contributed by atoms with Crippen molar-refractivity contribution < 1.29 is 9.47 Å². The van der Waals surface area contributed by atoms with E-state index in [1.165, 1.54) is 16.7 Å². The Bertz CT molecular complexity index is 364. The molecule has 102 valence electrons. The molecular formula is C15H25NO2. The molecule has 18 heavy (non-hydrogen) atoms. The van der Waals surface area contributed by atoms with Gasteiger partial charge in [-0.25, -0.2) is 0 Å². The maximum absolute atomic E-state index is 5.81. The second kappa shape index (κ2) is 8.11. The van der Waals surface area contributed by atoms with Gasteiger partial charge in [-0.15, -0.1) is 0 Å². The predicted molar refractivity (Wildman–Crippen MR) is 75.5 cm³/mol. The van der Waals surface area contributed by atoms with Gasteiger partial charge in [0.2, 0.25) is 0 Å². The van der Waals surface area contributed by atoms with Crippen molar-refractivity contribution in [2.45, 2.75) is 27.7 Å². The summed E-state index contributed by atoms with van der Waals surface area (Å²) in [5.74, 6) is 1.00. The first-order chi connectivity index (χ1) is 8.66. The van der Waals surface area contributed by atoms with E-state index in [-0.39, 0.29) is 0 Å². The molecule has 0 atom stereocenters. The zero-order valence-electron chi connectivity index (χ0n) is 12.0. The Morgan fingerprint density at radius 1 is 1.00 bits per heavy atom. The fraction of sp³-hybridized carbons (Fsp3) is 0.600. The van der Waals surface area contributed by atoms with E-state index in [1.807, 2.05) is 0 Å². The highest BCUT2D eigenvalue weighted by atomic mass is 16.5. The number of hydrogen-bond acceptors (Lipinski definition) is 3. The van der Waals surface area contributed by atoms with Crippen LogP contribution in [0.3, 0.4) is 0 Å². The molecule has 3 heteroatoms. The van der Waals surface area contributed by atoms with Crippen LogP contribution in [0.2, 0.25) is 0 Å². The summed E-state index contributed by atoms with van der Waals surface area (Å²) in [6, 6.07) is 4.23.